The largest absolute Gasteiger partial charge is 0.468 e. The molecule has 1 unspecified atom stereocenters. The molecule has 1 N–H and O–H groups in total. The fraction of sp³-hybridized carbons (Fsp3) is 0.556. The van der Waals surface area contributed by atoms with Crippen molar-refractivity contribution in [1.82, 2.24) is 14.9 Å². The van der Waals surface area contributed by atoms with Crippen LogP contribution < -0.4 is 4.90 Å². The highest BCUT2D eigenvalue weighted by atomic mass is 16.3. The highest BCUT2D eigenvalue weighted by Gasteiger charge is 2.28. The van der Waals surface area contributed by atoms with Gasteiger partial charge in [0.2, 0.25) is 5.95 Å². The van der Waals surface area contributed by atoms with Gasteiger partial charge in [0, 0.05) is 44.2 Å². The second kappa shape index (κ2) is 7.77. The van der Waals surface area contributed by atoms with Crippen LogP contribution in [-0.4, -0.2) is 52.3 Å². The van der Waals surface area contributed by atoms with E-state index in [1.807, 2.05) is 24.4 Å². The van der Waals surface area contributed by atoms with Crippen LogP contribution in [0.5, 0.6) is 0 Å². The minimum Gasteiger partial charge on any atom is -0.468 e. The van der Waals surface area contributed by atoms with E-state index in [0.717, 1.165) is 50.0 Å². The topological polar surface area (TPSA) is 65.6 Å². The number of aromatic nitrogens is 2. The number of hydrogen-bond acceptors (Lipinski definition) is 6. The average Bonchev–Trinajstić information content (AvgIpc) is 3.10. The molecule has 6 nitrogen and oxygen atoms in total. The molecular formula is C18H26N4O2. The molecule has 3 heterocycles. The predicted octanol–water partition coefficient (Wildman–Crippen LogP) is 2.27. The fourth-order valence-corrected chi connectivity index (χ4v) is 3.14. The number of aliphatic hydroxyl groups excluding tert-OH is 1. The van der Waals surface area contributed by atoms with Gasteiger partial charge in [0.15, 0.2) is 0 Å². The van der Waals surface area contributed by atoms with Gasteiger partial charge in [-0.1, -0.05) is 13.8 Å². The van der Waals surface area contributed by atoms with Crippen molar-refractivity contribution >= 4 is 5.95 Å². The Morgan fingerprint density at radius 2 is 2.21 bits per heavy atom. The molecule has 2 aromatic rings. The van der Waals surface area contributed by atoms with Crippen molar-refractivity contribution in [3.05, 3.63) is 42.1 Å². The van der Waals surface area contributed by atoms with E-state index in [1.165, 1.54) is 0 Å². The van der Waals surface area contributed by atoms with Crippen molar-refractivity contribution in [2.24, 2.45) is 0 Å². The summed E-state index contributed by atoms with van der Waals surface area (Å²) in [5.74, 6) is 2.14. The third-order valence-corrected chi connectivity index (χ3v) is 4.54. The summed E-state index contributed by atoms with van der Waals surface area (Å²) in [5.41, 5.74) is 1.07. The monoisotopic (exact) mass is 330 g/mol. The lowest BCUT2D eigenvalue weighted by molar-refractivity contribution is 0.126. The zero-order valence-corrected chi connectivity index (χ0v) is 14.4. The Hall–Kier alpha value is -1.92. The molecule has 6 heteroatoms. The van der Waals surface area contributed by atoms with Crippen LogP contribution in [0.3, 0.4) is 0 Å². The lowest BCUT2D eigenvalue weighted by Gasteiger charge is -2.41. The second-order valence-electron chi connectivity index (χ2n) is 6.60. The maximum atomic E-state index is 9.44. The van der Waals surface area contributed by atoms with Crippen molar-refractivity contribution < 1.29 is 9.52 Å². The number of piperazine rings is 1. The van der Waals surface area contributed by atoms with Gasteiger partial charge in [-0.15, -0.1) is 0 Å². The summed E-state index contributed by atoms with van der Waals surface area (Å²) < 4.78 is 5.47. The molecule has 1 aliphatic rings. The van der Waals surface area contributed by atoms with E-state index in [1.54, 1.807) is 6.26 Å². The highest BCUT2D eigenvalue weighted by molar-refractivity contribution is 5.32. The minimum atomic E-state index is 0.181. The van der Waals surface area contributed by atoms with Gasteiger partial charge in [-0.25, -0.2) is 9.97 Å². The summed E-state index contributed by atoms with van der Waals surface area (Å²) in [4.78, 5) is 13.8. The van der Waals surface area contributed by atoms with Crippen molar-refractivity contribution in [2.45, 2.75) is 38.8 Å². The molecule has 0 aliphatic carbocycles. The van der Waals surface area contributed by atoms with Gasteiger partial charge in [0.25, 0.3) is 0 Å². The first-order valence-corrected chi connectivity index (χ1v) is 8.62. The van der Waals surface area contributed by atoms with E-state index in [2.05, 4.69) is 28.6 Å². The quantitative estimate of drug-likeness (QED) is 0.876. The second-order valence-corrected chi connectivity index (χ2v) is 6.60. The van der Waals surface area contributed by atoms with Gasteiger partial charge in [-0.05, 0) is 30.5 Å². The highest BCUT2D eigenvalue weighted by Crippen LogP contribution is 2.21. The van der Waals surface area contributed by atoms with Gasteiger partial charge in [-0.3, -0.25) is 4.90 Å². The molecule has 2 aromatic heterocycles. The maximum absolute atomic E-state index is 9.44. The lowest BCUT2D eigenvalue weighted by Crippen LogP contribution is -2.53. The molecule has 24 heavy (non-hydrogen) atoms. The van der Waals surface area contributed by atoms with Crippen LogP contribution in [0.15, 0.2) is 35.1 Å². The fourth-order valence-electron chi connectivity index (χ4n) is 3.14. The number of furan rings is 1. The summed E-state index contributed by atoms with van der Waals surface area (Å²) in [5, 5.41) is 9.44. The van der Waals surface area contributed by atoms with Crippen molar-refractivity contribution in [3.8, 4) is 0 Å². The number of rotatable bonds is 6. The first kappa shape index (κ1) is 16.9. The van der Waals surface area contributed by atoms with Crippen LogP contribution in [0.2, 0.25) is 0 Å². The predicted molar refractivity (Wildman–Crippen MR) is 92.9 cm³/mol. The Balaban J connectivity index is 1.71. The Bertz CT molecular complexity index is 630. The maximum Gasteiger partial charge on any atom is 0.225 e. The molecular weight excluding hydrogens is 304 g/mol. The molecule has 0 aromatic carbocycles. The van der Waals surface area contributed by atoms with E-state index in [-0.39, 0.29) is 12.6 Å². The SMILES string of the molecule is CC(C)c1ccnc(N2CCN(Cc3ccco3)C(CCO)C2)n1. The van der Waals surface area contributed by atoms with Gasteiger partial charge in [-0.2, -0.15) is 0 Å². The van der Waals surface area contributed by atoms with Crippen LogP contribution in [-0.2, 0) is 6.54 Å². The molecule has 0 saturated carbocycles. The van der Waals surface area contributed by atoms with Crippen molar-refractivity contribution in [3.63, 3.8) is 0 Å². The normalized spacial score (nSPS) is 19.2. The molecule has 0 radical (unpaired) electrons. The summed E-state index contributed by atoms with van der Waals surface area (Å²) in [7, 11) is 0. The van der Waals surface area contributed by atoms with Crippen LogP contribution in [0.1, 0.15) is 37.6 Å². The standard InChI is InChI=1S/C18H26N4O2/c1-14(2)17-5-7-19-18(20-17)22-9-8-21(15(12-22)6-10-23)13-16-4-3-11-24-16/h3-5,7,11,14-15,23H,6,8-10,12-13H2,1-2H3. The van der Waals surface area contributed by atoms with E-state index in [9.17, 15) is 5.11 Å². The third-order valence-electron chi connectivity index (χ3n) is 4.54. The third kappa shape index (κ3) is 3.94. The first-order chi connectivity index (χ1) is 11.7. The van der Waals surface area contributed by atoms with Crippen LogP contribution in [0.25, 0.3) is 0 Å². The van der Waals surface area contributed by atoms with Gasteiger partial charge >= 0.3 is 0 Å². The van der Waals surface area contributed by atoms with Gasteiger partial charge < -0.3 is 14.4 Å². The van der Waals surface area contributed by atoms with Gasteiger partial charge in [0.1, 0.15) is 5.76 Å². The summed E-state index contributed by atoms with van der Waals surface area (Å²) in [6.07, 6.45) is 4.28. The smallest absolute Gasteiger partial charge is 0.225 e. The number of hydrogen-bond donors (Lipinski definition) is 1. The molecule has 0 amide bonds. The Morgan fingerprint density at radius 1 is 1.33 bits per heavy atom. The van der Waals surface area contributed by atoms with Crippen molar-refractivity contribution in [2.75, 3.05) is 31.1 Å². The number of aliphatic hydroxyl groups is 1. The Kier molecular flexibility index (Phi) is 5.48. The molecule has 1 aliphatic heterocycles. The summed E-state index contributed by atoms with van der Waals surface area (Å²) in [6, 6.07) is 6.15. The molecule has 0 bridgehead atoms. The summed E-state index contributed by atoms with van der Waals surface area (Å²) in [6.45, 7) is 7.84. The molecule has 130 valence electrons. The first-order valence-electron chi connectivity index (χ1n) is 8.62. The zero-order valence-electron chi connectivity index (χ0n) is 14.4. The lowest BCUT2D eigenvalue weighted by atomic mass is 10.1. The Labute approximate surface area is 143 Å². The molecule has 1 fully saturated rings. The number of nitrogens with zero attached hydrogens (tertiary/aromatic N) is 4. The van der Waals surface area contributed by atoms with Crippen LogP contribution in [0, 0.1) is 0 Å². The summed E-state index contributed by atoms with van der Waals surface area (Å²) >= 11 is 0. The van der Waals surface area contributed by atoms with Crippen molar-refractivity contribution in [1.29, 1.82) is 0 Å². The van der Waals surface area contributed by atoms with Crippen LogP contribution in [0.4, 0.5) is 5.95 Å². The molecule has 0 spiro atoms. The number of anilines is 1. The van der Waals surface area contributed by atoms with E-state index in [4.69, 9.17) is 9.40 Å². The average molecular weight is 330 g/mol. The molecule has 1 saturated heterocycles. The Morgan fingerprint density at radius 3 is 2.92 bits per heavy atom. The van der Waals surface area contributed by atoms with E-state index in [0.29, 0.717) is 5.92 Å². The zero-order chi connectivity index (χ0) is 16.9. The molecule has 1 atom stereocenters. The van der Waals surface area contributed by atoms with E-state index < -0.39 is 0 Å². The van der Waals surface area contributed by atoms with Gasteiger partial charge in [0.05, 0.1) is 12.8 Å². The van der Waals surface area contributed by atoms with E-state index >= 15 is 0 Å². The minimum absolute atomic E-state index is 0.181. The molecule has 3 rings (SSSR count). The van der Waals surface area contributed by atoms with Crippen LogP contribution >= 0.6 is 0 Å².